The SMILES string of the molecule is O=C(NCCN1CCCC1=O)c1ccc2oc(Cc3ccccc3)nc2c1. The van der Waals surface area contributed by atoms with Crippen molar-refractivity contribution in [3.8, 4) is 0 Å². The summed E-state index contributed by atoms with van der Waals surface area (Å²) < 4.78 is 5.78. The molecule has 1 N–H and O–H groups in total. The first kappa shape index (κ1) is 17.3. The van der Waals surface area contributed by atoms with Crippen molar-refractivity contribution < 1.29 is 14.0 Å². The van der Waals surface area contributed by atoms with Crippen LogP contribution in [0.5, 0.6) is 0 Å². The molecule has 1 saturated heterocycles. The standard InChI is InChI=1S/C21H21N3O3/c25-20-7-4-11-24(20)12-10-22-21(26)16-8-9-18-17(14-16)23-19(27-18)13-15-5-2-1-3-6-15/h1-3,5-6,8-9,14H,4,7,10-13H2,(H,22,26). The van der Waals surface area contributed by atoms with E-state index in [4.69, 9.17) is 4.42 Å². The van der Waals surface area contributed by atoms with Gasteiger partial charge >= 0.3 is 0 Å². The first-order valence-corrected chi connectivity index (χ1v) is 9.18. The Kier molecular flexibility index (Phi) is 4.87. The van der Waals surface area contributed by atoms with E-state index >= 15 is 0 Å². The van der Waals surface area contributed by atoms with E-state index in [1.54, 1.807) is 23.1 Å². The lowest BCUT2D eigenvalue weighted by Gasteiger charge is -2.15. The molecule has 1 aliphatic rings. The summed E-state index contributed by atoms with van der Waals surface area (Å²) in [7, 11) is 0. The molecule has 0 atom stereocenters. The van der Waals surface area contributed by atoms with E-state index in [0.29, 0.717) is 48.5 Å². The Bertz CT molecular complexity index is 965. The van der Waals surface area contributed by atoms with Crippen LogP contribution in [0.1, 0.15) is 34.7 Å². The molecule has 138 valence electrons. The number of nitrogens with one attached hydrogen (secondary N) is 1. The maximum atomic E-state index is 12.4. The summed E-state index contributed by atoms with van der Waals surface area (Å²) >= 11 is 0. The normalized spacial score (nSPS) is 14.1. The number of carbonyl (C=O) groups excluding carboxylic acids is 2. The van der Waals surface area contributed by atoms with Crippen molar-refractivity contribution >= 4 is 22.9 Å². The lowest BCUT2D eigenvalue weighted by molar-refractivity contribution is -0.127. The van der Waals surface area contributed by atoms with Crippen LogP contribution in [0.3, 0.4) is 0 Å². The average molecular weight is 363 g/mol. The number of aromatic nitrogens is 1. The Hall–Kier alpha value is -3.15. The molecule has 0 aliphatic carbocycles. The molecule has 1 fully saturated rings. The van der Waals surface area contributed by atoms with E-state index in [1.165, 1.54) is 0 Å². The van der Waals surface area contributed by atoms with Gasteiger partial charge in [0.2, 0.25) is 5.91 Å². The lowest BCUT2D eigenvalue weighted by Crippen LogP contribution is -2.35. The topological polar surface area (TPSA) is 75.4 Å². The number of hydrogen-bond donors (Lipinski definition) is 1. The molecular weight excluding hydrogens is 342 g/mol. The van der Waals surface area contributed by atoms with Crippen LogP contribution >= 0.6 is 0 Å². The van der Waals surface area contributed by atoms with Crippen LogP contribution in [0.2, 0.25) is 0 Å². The Morgan fingerprint density at radius 3 is 2.81 bits per heavy atom. The van der Waals surface area contributed by atoms with Gasteiger partial charge in [-0.2, -0.15) is 0 Å². The maximum absolute atomic E-state index is 12.4. The Balaban J connectivity index is 1.40. The summed E-state index contributed by atoms with van der Waals surface area (Å²) in [5.41, 5.74) is 3.00. The monoisotopic (exact) mass is 363 g/mol. The zero-order chi connectivity index (χ0) is 18.6. The number of hydrogen-bond acceptors (Lipinski definition) is 4. The molecule has 2 aromatic carbocycles. The van der Waals surface area contributed by atoms with Crippen LogP contribution < -0.4 is 5.32 Å². The van der Waals surface area contributed by atoms with Crippen molar-refractivity contribution in [2.75, 3.05) is 19.6 Å². The molecule has 2 heterocycles. The van der Waals surface area contributed by atoms with Gasteiger partial charge in [-0.1, -0.05) is 30.3 Å². The van der Waals surface area contributed by atoms with Crippen molar-refractivity contribution in [3.05, 3.63) is 65.5 Å². The van der Waals surface area contributed by atoms with E-state index in [9.17, 15) is 9.59 Å². The fourth-order valence-electron chi connectivity index (χ4n) is 3.31. The maximum Gasteiger partial charge on any atom is 0.251 e. The fourth-order valence-corrected chi connectivity index (χ4v) is 3.31. The highest BCUT2D eigenvalue weighted by Gasteiger charge is 2.19. The van der Waals surface area contributed by atoms with Gasteiger partial charge in [-0.05, 0) is 30.2 Å². The zero-order valence-corrected chi connectivity index (χ0v) is 15.0. The third-order valence-electron chi connectivity index (χ3n) is 4.73. The third-order valence-corrected chi connectivity index (χ3v) is 4.73. The molecule has 0 bridgehead atoms. The highest BCUT2D eigenvalue weighted by atomic mass is 16.3. The van der Waals surface area contributed by atoms with Crippen molar-refractivity contribution in [3.63, 3.8) is 0 Å². The van der Waals surface area contributed by atoms with Crippen LogP contribution in [0.25, 0.3) is 11.1 Å². The summed E-state index contributed by atoms with van der Waals surface area (Å²) in [5.74, 6) is 0.622. The Morgan fingerprint density at radius 1 is 1.19 bits per heavy atom. The van der Waals surface area contributed by atoms with E-state index in [1.807, 2.05) is 30.3 Å². The average Bonchev–Trinajstić information content (AvgIpc) is 3.27. The Labute approximate surface area is 157 Å². The number of amides is 2. The van der Waals surface area contributed by atoms with Gasteiger partial charge in [0, 0.05) is 38.0 Å². The largest absolute Gasteiger partial charge is 0.440 e. The lowest BCUT2D eigenvalue weighted by atomic mass is 10.1. The number of likely N-dealkylation sites (tertiary alicyclic amines) is 1. The molecule has 0 saturated carbocycles. The minimum Gasteiger partial charge on any atom is -0.440 e. The second kappa shape index (κ2) is 7.61. The van der Waals surface area contributed by atoms with Crippen LogP contribution in [-0.4, -0.2) is 41.3 Å². The van der Waals surface area contributed by atoms with Crippen LogP contribution in [0, 0.1) is 0 Å². The summed E-state index contributed by atoms with van der Waals surface area (Å²) in [6.07, 6.45) is 2.13. The summed E-state index contributed by atoms with van der Waals surface area (Å²) in [6.45, 7) is 1.78. The van der Waals surface area contributed by atoms with Crippen molar-refractivity contribution in [2.24, 2.45) is 0 Å². The van der Waals surface area contributed by atoms with E-state index in [2.05, 4.69) is 10.3 Å². The first-order valence-electron chi connectivity index (χ1n) is 9.18. The molecule has 27 heavy (non-hydrogen) atoms. The van der Waals surface area contributed by atoms with Crippen molar-refractivity contribution in [1.29, 1.82) is 0 Å². The molecule has 2 amide bonds. The number of oxazole rings is 1. The van der Waals surface area contributed by atoms with Crippen LogP contribution in [0.15, 0.2) is 52.9 Å². The second-order valence-corrected chi connectivity index (χ2v) is 6.69. The Morgan fingerprint density at radius 2 is 2.04 bits per heavy atom. The second-order valence-electron chi connectivity index (χ2n) is 6.69. The minimum absolute atomic E-state index is 0.166. The quantitative estimate of drug-likeness (QED) is 0.731. The molecule has 4 rings (SSSR count). The number of carbonyl (C=O) groups is 2. The van der Waals surface area contributed by atoms with Crippen molar-refractivity contribution in [2.45, 2.75) is 19.3 Å². The fraction of sp³-hybridized carbons (Fsp3) is 0.286. The van der Waals surface area contributed by atoms with Gasteiger partial charge in [0.25, 0.3) is 5.91 Å². The predicted octanol–water partition coefficient (Wildman–Crippen LogP) is 2.77. The molecule has 1 aromatic heterocycles. The molecule has 6 heteroatoms. The van der Waals surface area contributed by atoms with Crippen LogP contribution in [0.4, 0.5) is 0 Å². The molecule has 1 aliphatic heterocycles. The molecule has 0 radical (unpaired) electrons. The summed E-state index contributed by atoms with van der Waals surface area (Å²) in [5, 5.41) is 2.87. The number of rotatable bonds is 6. The van der Waals surface area contributed by atoms with Gasteiger partial charge in [0.05, 0.1) is 0 Å². The van der Waals surface area contributed by atoms with Crippen LogP contribution in [-0.2, 0) is 11.2 Å². The summed E-state index contributed by atoms with van der Waals surface area (Å²) in [4.78, 5) is 30.3. The summed E-state index contributed by atoms with van der Waals surface area (Å²) in [6, 6.07) is 15.2. The third kappa shape index (κ3) is 4.00. The van der Waals surface area contributed by atoms with Gasteiger partial charge in [0.15, 0.2) is 11.5 Å². The highest BCUT2D eigenvalue weighted by Crippen LogP contribution is 2.19. The highest BCUT2D eigenvalue weighted by molar-refractivity contribution is 5.97. The van der Waals surface area contributed by atoms with Gasteiger partial charge < -0.3 is 14.6 Å². The molecule has 6 nitrogen and oxygen atoms in total. The predicted molar refractivity (Wildman–Crippen MR) is 101 cm³/mol. The van der Waals surface area contributed by atoms with Gasteiger partial charge in [-0.15, -0.1) is 0 Å². The van der Waals surface area contributed by atoms with E-state index in [0.717, 1.165) is 18.5 Å². The molecule has 0 spiro atoms. The number of nitrogens with zero attached hydrogens (tertiary/aromatic N) is 2. The molecule has 0 unspecified atom stereocenters. The molecular formula is C21H21N3O3. The number of fused-ring (bicyclic) bond motifs is 1. The smallest absolute Gasteiger partial charge is 0.251 e. The van der Waals surface area contributed by atoms with Gasteiger partial charge in [0.1, 0.15) is 5.52 Å². The molecule has 3 aromatic rings. The van der Waals surface area contributed by atoms with Gasteiger partial charge in [-0.3, -0.25) is 9.59 Å². The first-order chi connectivity index (χ1) is 13.2. The minimum atomic E-state index is -0.170. The van der Waals surface area contributed by atoms with E-state index in [-0.39, 0.29) is 11.8 Å². The van der Waals surface area contributed by atoms with E-state index < -0.39 is 0 Å². The zero-order valence-electron chi connectivity index (χ0n) is 15.0. The van der Waals surface area contributed by atoms with Crippen molar-refractivity contribution in [1.82, 2.24) is 15.2 Å². The number of benzene rings is 2. The van der Waals surface area contributed by atoms with Gasteiger partial charge in [-0.25, -0.2) is 4.98 Å².